The number of esters is 1. The molecular formula is C14H16F3N5O2. The first-order chi connectivity index (χ1) is 11.4. The van der Waals surface area contributed by atoms with Crippen molar-refractivity contribution in [2.75, 3.05) is 20.2 Å². The Labute approximate surface area is 136 Å². The average Bonchev–Trinajstić information content (AvgIpc) is 2.59. The standard InChI is InChI=1S/C14H16F3N5O2/c1-24-11(23)13(14(15,16)17)19-10-9-18-5-8-22(10)12(20-13)21-6-3-2-4-7-21/h5,8-9H,2-4,6-7H2,1H3. The number of guanidine groups is 1. The third-order valence-electron chi connectivity index (χ3n) is 4.00. The Bertz CT molecular complexity index is 649. The van der Waals surface area contributed by atoms with E-state index in [2.05, 4.69) is 19.7 Å². The Morgan fingerprint density at radius 1 is 1.25 bits per heavy atom. The molecule has 0 saturated carbocycles. The topological polar surface area (TPSA) is 69.9 Å². The van der Waals surface area contributed by atoms with E-state index in [1.54, 1.807) is 4.90 Å². The number of hydrogen-bond acceptors (Lipinski definition) is 7. The molecular weight excluding hydrogens is 327 g/mol. The highest BCUT2D eigenvalue weighted by Crippen LogP contribution is 2.39. The van der Waals surface area contributed by atoms with Crippen LogP contribution in [0.3, 0.4) is 0 Å². The first-order valence-corrected chi connectivity index (χ1v) is 7.48. The molecule has 3 heterocycles. The summed E-state index contributed by atoms with van der Waals surface area (Å²) in [5.74, 6) is -1.64. The van der Waals surface area contributed by atoms with Crippen LogP contribution >= 0.6 is 0 Å². The second-order valence-electron chi connectivity index (χ2n) is 5.54. The van der Waals surface area contributed by atoms with E-state index < -0.39 is 17.8 Å². The lowest BCUT2D eigenvalue weighted by atomic mass is 10.1. The summed E-state index contributed by atoms with van der Waals surface area (Å²) >= 11 is 0. The number of piperidine rings is 1. The van der Waals surface area contributed by atoms with E-state index in [1.807, 2.05) is 0 Å². The fourth-order valence-corrected chi connectivity index (χ4v) is 2.79. The number of carbonyl (C=O) groups is 1. The number of aliphatic imine (C=N–C) groups is 3. The monoisotopic (exact) mass is 343 g/mol. The molecule has 0 aliphatic carbocycles. The number of hydrogen-bond donors (Lipinski definition) is 0. The van der Waals surface area contributed by atoms with Crippen LogP contribution in [0.2, 0.25) is 0 Å². The second-order valence-corrected chi connectivity index (χ2v) is 5.54. The first-order valence-electron chi connectivity index (χ1n) is 7.48. The number of likely N-dealkylation sites (tertiary alicyclic amines) is 1. The van der Waals surface area contributed by atoms with Gasteiger partial charge in [0, 0.05) is 25.5 Å². The van der Waals surface area contributed by atoms with Crippen molar-refractivity contribution in [1.82, 2.24) is 9.80 Å². The number of ether oxygens (including phenoxy) is 1. The molecule has 24 heavy (non-hydrogen) atoms. The number of methoxy groups -OCH3 is 1. The second kappa shape index (κ2) is 5.91. The largest absolute Gasteiger partial charge is 0.465 e. The van der Waals surface area contributed by atoms with Crippen molar-refractivity contribution in [1.29, 1.82) is 0 Å². The van der Waals surface area contributed by atoms with E-state index in [0.29, 0.717) is 13.1 Å². The van der Waals surface area contributed by atoms with Gasteiger partial charge in [0.1, 0.15) is 0 Å². The lowest BCUT2D eigenvalue weighted by Crippen LogP contribution is -2.59. The third kappa shape index (κ3) is 2.55. The maximum absolute atomic E-state index is 13.7. The summed E-state index contributed by atoms with van der Waals surface area (Å²) < 4.78 is 45.5. The van der Waals surface area contributed by atoms with Crippen molar-refractivity contribution in [2.45, 2.75) is 31.1 Å². The van der Waals surface area contributed by atoms with E-state index in [0.717, 1.165) is 26.4 Å². The maximum Gasteiger partial charge on any atom is 0.446 e. The van der Waals surface area contributed by atoms with Crippen LogP contribution < -0.4 is 0 Å². The van der Waals surface area contributed by atoms with Gasteiger partial charge in [-0.05, 0) is 19.3 Å². The van der Waals surface area contributed by atoms with Crippen molar-refractivity contribution < 1.29 is 22.7 Å². The number of alkyl halides is 3. The molecule has 1 fully saturated rings. The highest BCUT2D eigenvalue weighted by molar-refractivity contribution is 6.35. The predicted molar refractivity (Wildman–Crippen MR) is 80.6 cm³/mol. The van der Waals surface area contributed by atoms with Gasteiger partial charge in [0.05, 0.1) is 13.3 Å². The zero-order chi connectivity index (χ0) is 17.4. The lowest BCUT2D eigenvalue weighted by Gasteiger charge is -2.40. The van der Waals surface area contributed by atoms with Crippen LogP contribution in [0.15, 0.2) is 27.4 Å². The Hall–Kier alpha value is -2.39. The van der Waals surface area contributed by atoms with Gasteiger partial charge in [-0.15, -0.1) is 0 Å². The summed E-state index contributed by atoms with van der Waals surface area (Å²) in [5, 5.41) is 0. The van der Waals surface area contributed by atoms with Crippen molar-refractivity contribution in [2.24, 2.45) is 15.0 Å². The number of carbonyl (C=O) groups excluding carboxylic acids is 1. The number of rotatable bonds is 1. The SMILES string of the molecule is COC(=O)C1(C(F)(F)F)N=C2C=NC=CN2C(N2CCCCC2)=N1. The molecule has 3 aliphatic heterocycles. The summed E-state index contributed by atoms with van der Waals surface area (Å²) in [5.41, 5.74) is -3.31. The maximum atomic E-state index is 13.7. The fourth-order valence-electron chi connectivity index (χ4n) is 2.79. The van der Waals surface area contributed by atoms with Gasteiger partial charge in [-0.1, -0.05) is 0 Å². The number of amidine groups is 1. The fraction of sp³-hybridized carbons (Fsp3) is 0.571. The lowest BCUT2D eigenvalue weighted by molar-refractivity contribution is -0.202. The van der Waals surface area contributed by atoms with Gasteiger partial charge in [0.2, 0.25) is 5.96 Å². The molecule has 130 valence electrons. The summed E-state index contributed by atoms with van der Waals surface area (Å²) in [7, 11) is 0.882. The summed E-state index contributed by atoms with van der Waals surface area (Å²) in [6, 6.07) is 0. The zero-order valence-electron chi connectivity index (χ0n) is 13.0. The Morgan fingerprint density at radius 3 is 2.58 bits per heavy atom. The van der Waals surface area contributed by atoms with Crippen LogP contribution in [0.1, 0.15) is 19.3 Å². The van der Waals surface area contributed by atoms with Gasteiger partial charge in [0.25, 0.3) is 0 Å². The molecule has 3 aliphatic rings. The molecule has 0 bridgehead atoms. The third-order valence-corrected chi connectivity index (χ3v) is 4.00. The van der Waals surface area contributed by atoms with Crippen molar-refractivity contribution >= 4 is 24.0 Å². The minimum atomic E-state index is -5.03. The van der Waals surface area contributed by atoms with Gasteiger partial charge in [-0.25, -0.2) is 14.8 Å². The van der Waals surface area contributed by atoms with Crippen LogP contribution in [0, 0.1) is 0 Å². The molecule has 0 aromatic carbocycles. The first kappa shape index (κ1) is 16.5. The van der Waals surface area contributed by atoms with E-state index in [9.17, 15) is 18.0 Å². The van der Waals surface area contributed by atoms with Gasteiger partial charge in [-0.3, -0.25) is 9.89 Å². The van der Waals surface area contributed by atoms with E-state index in [-0.39, 0.29) is 11.8 Å². The van der Waals surface area contributed by atoms with Crippen molar-refractivity contribution in [3.63, 3.8) is 0 Å². The molecule has 1 atom stereocenters. The number of nitrogens with zero attached hydrogens (tertiary/aromatic N) is 5. The molecule has 7 nitrogen and oxygen atoms in total. The molecule has 10 heteroatoms. The van der Waals surface area contributed by atoms with E-state index in [1.165, 1.54) is 23.5 Å². The van der Waals surface area contributed by atoms with E-state index >= 15 is 0 Å². The van der Waals surface area contributed by atoms with E-state index in [4.69, 9.17) is 0 Å². The quantitative estimate of drug-likeness (QED) is 0.677. The number of halogens is 3. The highest BCUT2D eigenvalue weighted by atomic mass is 19.4. The van der Waals surface area contributed by atoms with Crippen molar-refractivity contribution in [3.05, 3.63) is 12.4 Å². The van der Waals surface area contributed by atoms with Crippen LogP contribution in [-0.2, 0) is 9.53 Å². The van der Waals surface area contributed by atoms with Gasteiger partial charge < -0.3 is 9.64 Å². The minimum Gasteiger partial charge on any atom is -0.465 e. The predicted octanol–water partition coefficient (Wildman–Crippen LogP) is 1.53. The molecule has 0 radical (unpaired) electrons. The van der Waals surface area contributed by atoms with Crippen molar-refractivity contribution in [3.8, 4) is 0 Å². The minimum absolute atomic E-state index is 0.0322. The molecule has 1 unspecified atom stereocenters. The van der Waals surface area contributed by atoms with Gasteiger partial charge in [-0.2, -0.15) is 13.2 Å². The normalized spacial score (nSPS) is 26.7. The zero-order valence-corrected chi connectivity index (χ0v) is 13.0. The average molecular weight is 343 g/mol. The van der Waals surface area contributed by atoms with Gasteiger partial charge in [0.15, 0.2) is 5.84 Å². The summed E-state index contributed by atoms with van der Waals surface area (Å²) in [6.07, 6.45) is 1.73. The molecule has 0 aromatic rings. The smallest absolute Gasteiger partial charge is 0.446 e. The molecule has 0 N–H and O–H groups in total. The molecule has 0 amide bonds. The summed E-state index contributed by atoms with van der Waals surface area (Å²) in [4.78, 5) is 26.2. The highest BCUT2D eigenvalue weighted by Gasteiger charge is 2.65. The molecule has 0 spiro atoms. The molecule has 3 rings (SSSR count). The van der Waals surface area contributed by atoms with Crippen LogP contribution in [0.5, 0.6) is 0 Å². The van der Waals surface area contributed by atoms with Gasteiger partial charge >= 0.3 is 17.8 Å². The Kier molecular flexibility index (Phi) is 4.06. The van der Waals surface area contributed by atoms with Crippen LogP contribution in [-0.4, -0.2) is 65.8 Å². The van der Waals surface area contributed by atoms with Crippen LogP contribution in [0.4, 0.5) is 13.2 Å². The Morgan fingerprint density at radius 2 is 1.96 bits per heavy atom. The summed E-state index contributed by atoms with van der Waals surface area (Å²) in [6.45, 7) is 1.12. The molecule has 0 aromatic heterocycles. The molecule has 1 saturated heterocycles. The number of fused-ring (bicyclic) bond motifs is 1. The van der Waals surface area contributed by atoms with Crippen LogP contribution in [0.25, 0.3) is 0 Å². The Balaban J connectivity index is 2.14.